The van der Waals surface area contributed by atoms with Gasteiger partial charge in [-0.15, -0.1) is 0 Å². The smallest absolute Gasteiger partial charge is 0.407 e. The highest BCUT2D eigenvalue weighted by molar-refractivity contribution is 6.07. The van der Waals surface area contributed by atoms with Crippen LogP contribution in [0.5, 0.6) is 5.75 Å². The quantitative estimate of drug-likeness (QED) is 0.0827. The van der Waals surface area contributed by atoms with Gasteiger partial charge in [0.1, 0.15) is 37.1 Å². The SMILES string of the molecule is CCOC(=O)NCC(=O)N(Cc1ncc(-c2ccc3c(c2)COc2cc4c(ccc5[nH]c(C6CC[C@H](C7(C)CCC[C@@H](C)O7)N6C(=O)CNC(=O)OCC)nc54)cc2-3)[nH]1)[C@H](CC)C1(C)CCC[C@@H](C)O1. The molecular formula is C53H68N8O9. The van der Waals surface area contributed by atoms with Crippen molar-refractivity contribution >= 4 is 45.8 Å². The molecule has 7 atom stereocenters. The second-order valence-corrected chi connectivity index (χ2v) is 19.8. The molecule has 4 aliphatic rings. The second kappa shape index (κ2) is 20.3. The van der Waals surface area contributed by atoms with Crippen LogP contribution in [0.3, 0.4) is 0 Å². The molecule has 2 aromatic heterocycles. The number of alkyl carbamates (subject to hydrolysis) is 2. The van der Waals surface area contributed by atoms with Gasteiger partial charge >= 0.3 is 12.2 Å². The zero-order valence-corrected chi connectivity index (χ0v) is 41.6. The molecule has 4 aliphatic heterocycles. The number of imidazole rings is 2. The fourth-order valence-corrected chi connectivity index (χ4v) is 11.7. The molecule has 17 heteroatoms. The third kappa shape index (κ3) is 9.78. The normalized spacial score (nSPS) is 24.6. The zero-order valence-electron chi connectivity index (χ0n) is 41.6. The molecule has 3 fully saturated rings. The van der Waals surface area contributed by atoms with Gasteiger partial charge in [0, 0.05) is 10.9 Å². The summed E-state index contributed by atoms with van der Waals surface area (Å²) in [5, 5.41) is 7.18. The van der Waals surface area contributed by atoms with E-state index in [4.69, 9.17) is 33.7 Å². The Balaban J connectivity index is 0.963. The number of rotatable bonds is 14. The predicted octanol–water partition coefficient (Wildman–Crippen LogP) is 8.99. The number of nitrogens with zero attached hydrogens (tertiary/aromatic N) is 4. The van der Waals surface area contributed by atoms with Crippen molar-refractivity contribution in [1.29, 1.82) is 0 Å². The molecule has 3 unspecified atom stereocenters. The molecule has 9 rings (SSSR count). The largest absolute Gasteiger partial charge is 0.488 e. The third-order valence-electron chi connectivity index (χ3n) is 14.9. The van der Waals surface area contributed by atoms with E-state index in [9.17, 15) is 19.2 Å². The van der Waals surface area contributed by atoms with Crippen molar-refractivity contribution in [1.82, 2.24) is 40.4 Å². The third-order valence-corrected chi connectivity index (χ3v) is 14.9. The molecule has 0 saturated carbocycles. The van der Waals surface area contributed by atoms with Crippen molar-refractivity contribution in [2.75, 3.05) is 26.3 Å². The van der Waals surface area contributed by atoms with E-state index < -0.39 is 23.4 Å². The number of hydrogen-bond donors (Lipinski definition) is 4. The molecule has 4 N–H and O–H groups in total. The van der Waals surface area contributed by atoms with Crippen LogP contribution >= 0.6 is 0 Å². The van der Waals surface area contributed by atoms with Crippen LogP contribution in [0.25, 0.3) is 44.2 Å². The summed E-state index contributed by atoms with van der Waals surface area (Å²) in [6.45, 7) is 14.5. The van der Waals surface area contributed by atoms with Gasteiger partial charge < -0.3 is 54.1 Å². The number of fused-ring (bicyclic) bond motifs is 6. The van der Waals surface area contributed by atoms with Crippen LogP contribution in [0.1, 0.15) is 130 Å². The van der Waals surface area contributed by atoms with Gasteiger partial charge in [-0.25, -0.2) is 19.6 Å². The Morgan fingerprint density at radius 3 is 2.34 bits per heavy atom. The first kappa shape index (κ1) is 48.8. The van der Waals surface area contributed by atoms with Gasteiger partial charge in [-0.2, -0.15) is 0 Å². The molecule has 3 aromatic carbocycles. The van der Waals surface area contributed by atoms with E-state index in [1.807, 2.05) is 11.0 Å². The maximum atomic E-state index is 14.1. The van der Waals surface area contributed by atoms with Crippen LogP contribution in [-0.2, 0) is 41.7 Å². The molecular weight excluding hydrogens is 893 g/mol. The Labute approximate surface area is 409 Å². The average molecular weight is 961 g/mol. The van der Waals surface area contributed by atoms with Crippen molar-refractivity contribution in [3.63, 3.8) is 0 Å². The van der Waals surface area contributed by atoms with Crippen LogP contribution in [0, 0.1) is 0 Å². The molecule has 4 amide bonds. The van der Waals surface area contributed by atoms with Gasteiger partial charge in [0.15, 0.2) is 0 Å². The van der Waals surface area contributed by atoms with Gasteiger partial charge in [-0.1, -0.05) is 25.1 Å². The van der Waals surface area contributed by atoms with E-state index in [0.717, 1.165) is 100 Å². The first-order valence-electron chi connectivity index (χ1n) is 25.2. The molecule has 70 heavy (non-hydrogen) atoms. The van der Waals surface area contributed by atoms with Gasteiger partial charge in [0.25, 0.3) is 0 Å². The Kier molecular flexibility index (Phi) is 14.1. The summed E-state index contributed by atoms with van der Waals surface area (Å²) >= 11 is 0. The highest BCUT2D eigenvalue weighted by atomic mass is 16.6. The lowest BCUT2D eigenvalue weighted by Gasteiger charge is -2.47. The van der Waals surface area contributed by atoms with Gasteiger partial charge in [0.05, 0.1) is 84.2 Å². The zero-order chi connectivity index (χ0) is 49.3. The lowest BCUT2D eigenvalue weighted by Crippen LogP contribution is -2.57. The second-order valence-electron chi connectivity index (χ2n) is 19.8. The maximum Gasteiger partial charge on any atom is 0.407 e. The first-order chi connectivity index (χ1) is 33.7. The number of aromatic amines is 2. The number of benzene rings is 3. The lowest BCUT2D eigenvalue weighted by atomic mass is 9.84. The fraction of sp³-hybridized carbons (Fsp3) is 0.547. The number of carbonyl (C=O) groups is 4. The summed E-state index contributed by atoms with van der Waals surface area (Å²) in [5.74, 6) is 1.61. The summed E-state index contributed by atoms with van der Waals surface area (Å²) in [4.78, 5) is 73.2. The van der Waals surface area contributed by atoms with E-state index in [2.05, 4.69) is 91.6 Å². The Morgan fingerprint density at radius 2 is 1.61 bits per heavy atom. The molecule has 17 nitrogen and oxygen atoms in total. The number of carbonyl (C=O) groups excluding carboxylic acids is 4. The van der Waals surface area contributed by atoms with Crippen molar-refractivity contribution in [2.45, 2.75) is 161 Å². The number of amides is 4. The molecule has 3 saturated heterocycles. The highest BCUT2D eigenvalue weighted by Crippen LogP contribution is 2.47. The number of likely N-dealkylation sites (tertiary alicyclic amines) is 1. The highest BCUT2D eigenvalue weighted by Gasteiger charge is 2.50. The molecule has 0 aliphatic carbocycles. The minimum absolute atomic E-state index is 0.0730. The van der Waals surface area contributed by atoms with Gasteiger partial charge in [-0.3, -0.25) is 9.59 Å². The van der Waals surface area contributed by atoms with Crippen LogP contribution in [0.2, 0.25) is 0 Å². The van der Waals surface area contributed by atoms with Gasteiger partial charge in [-0.05, 0) is 146 Å². The van der Waals surface area contributed by atoms with E-state index in [1.165, 1.54) is 0 Å². The fourth-order valence-electron chi connectivity index (χ4n) is 11.7. The van der Waals surface area contributed by atoms with Crippen molar-refractivity contribution in [2.24, 2.45) is 0 Å². The van der Waals surface area contributed by atoms with Crippen molar-refractivity contribution in [3.05, 3.63) is 65.9 Å². The standard InChI is InChI=1S/C53H68N8O9/c1-8-43(52(6)21-11-13-31(4)69-52)60(46(62)27-55-50(64)66-9-2)29-45-54-26-40(57-45)34-15-17-36-35(23-34)30-68-42-25-37-33(24-38(36)42)16-18-39-48(37)59-49(58-39)41-19-20-44(53(7)22-12-14-32(5)70-53)61(41)47(63)28-56-51(65)67-10-3/h15-18,23-26,31-32,41,43-44H,8-14,19-22,27-30H2,1-7H3,(H,54,57)(H,55,64)(H,56,65)(H,58,59)/t31-,32-,41?,43-,44-,52?,53?/m1/s1. The summed E-state index contributed by atoms with van der Waals surface area (Å²) < 4.78 is 29.7. The maximum absolute atomic E-state index is 14.1. The lowest BCUT2D eigenvalue weighted by molar-refractivity contribution is -0.166. The minimum Gasteiger partial charge on any atom is -0.488 e. The number of aromatic nitrogens is 4. The van der Waals surface area contributed by atoms with E-state index in [-0.39, 0.29) is 75.0 Å². The number of hydrogen-bond acceptors (Lipinski definition) is 11. The average Bonchev–Trinajstić information content (AvgIpc) is 4.11. The minimum atomic E-state index is -0.636. The van der Waals surface area contributed by atoms with Crippen LogP contribution in [-0.4, -0.2) is 116 Å². The van der Waals surface area contributed by atoms with Gasteiger partial charge in [0.2, 0.25) is 11.8 Å². The number of H-pyrrole nitrogens is 2. The Bertz CT molecular complexity index is 2750. The van der Waals surface area contributed by atoms with E-state index >= 15 is 0 Å². The number of nitrogens with one attached hydrogen (secondary N) is 4. The molecule has 6 heterocycles. The topological polar surface area (TPSA) is 202 Å². The summed E-state index contributed by atoms with van der Waals surface area (Å²) in [6.07, 6.45) is 8.41. The number of ether oxygens (including phenoxy) is 5. The van der Waals surface area contributed by atoms with Crippen LogP contribution in [0.4, 0.5) is 9.59 Å². The summed E-state index contributed by atoms with van der Waals surface area (Å²) in [7, 11) is 0. The molecule has 5 aromatic rings. The summed E-state index contributed by atoms with van der Waals surface area (Å²) in [6, 6.07) is 13.8. The molecule has 0 radical (unpaired) electrons. The predicted molar refractivity (Wildman–Crippen MR) is 264 cm³/mol. The van der Waals surface area contributed by atoms with E-state index in [1.54, 1.807) is 24.9 Å². The Hall–Kier alpha value is -6.20. The summed E-state index contributed by atoms with van der Waals surface area (Å²) in [5.41, 5.74) is 5.35. The first-order valence-corrected chi connectivity index (χ1v) is 25.2. The molecule has 0 spiro atoms. The molecule has 0 bridgehead atoms. The van der Waals surface area contributed by atoms with Crippen molar-refractivity contribution in [3.8, 4) is 28.1 Å². The van der Waals surface area contributed by atoms with Crippen LogP contribution in [0.15, 0.2) is 48.7 Å². The molecule has 374 valence electrons. The van der Waals surface area contributed by atoms with Crippen LogP contribution < -0.4 is 15.4 Å². The van der Waals surface area contributed by atoms with Crippen molar-refractivity contribution < 1.29 is 42.9 Å². The van der Waals surface area contributed by atoms with E-state index in [0.29, 0.717) is 31.1 Å². The monoisotopic (exact) mass is 961 g/mol. The Morgan fingerprint density at radius 1 is 0.871 bits per heavy atom.